The van der Waals surface area contributed by atoms with Gasteiger partial charge in [-0.25, -0.2) is 4.39 Å². The maximum absolute atomic E-state index is 13.7. The van der Waals surface area contributed by atoms with Gasteiger partial charge in [0.2, 0.25) is 0 Å². The lowest BCUT2D eigenvalue weighted by atomic mass is 10.2. The Balaban J connectivity index is 2.29. The Bertz CT molecular complexity index is 772. The molecule has 3 rings (SSSR count). The number of nitrogens with one attached hydrogen (secondary N) is 1. The van der Waals surface area contributed by atoms with Gasteiger partial charge < -0.3 is 0 Å². The first-order valence-corrected chi connectivity index (χ1v) is 6.94. The van der Waals surface area contributed by atoms with Crippen LogP contribution in [0, 0.1) is 17.5 Å². The smallest absolute Gasteiger partial charge is 0.200 e. The quantitative estimate of drug-likeness (QED) is 0.721. The van der Waals surface area contributed by atoms with E-state index in [1.54, 1.807) is 28.9 Å². The van der Waals surface area contributed by atoms with Gasteiger partial charge in [0.25, 0.3) is 0 Å². The van der Waals surface area contributed by atoms with Crippen LogP contribution in [0.1, 0.15) is 5.56 Å². The second-order valence-corrected chi connectivity index (χ2v) is 5.38. The number of hydrogen-bond acceptors (Lipinski definition) is 3. The van der Waals surface area contributed by atoms with E-state index in [1.807, 2.05) is 23.6 Å². The van der Waals surface area contributed by atoms with Crippen LogP contribution in [0.4, 0.5) is 4.39 Å². The molecule has 0 fully saturated rings. The minimum Gasteiger partial charge on any atom is -0.267 e. The summed E-state index contributed by atoms with van der Waals surface area (Å²) in [7, 11) is 0. The topological polar surface area (TPSA) is 33.6 Å². The maximum atomic E-state index is 13.7. The number of halogens is 1. The van der Waals surface area contributed by atoms with E-state index in [9.17, 15) is 4.39 Å². The fraction of sp³-hybridized carbons (Fsp3) is 0.0769. The third-order valence-corrected chi connectivity index (χ3v) is 4.03. The van der Waals surface area contributed by atoms with Crippen molar-refractivity contribution in [2.24, 2.45) is 0 Å². The summed E-state index contributed by atoms with van der Waals surface area (Å²) in [5.41, 5.74) is 1.26. The largest absolute Gasteiger partial charge is 0.267 e. The summed E-state index contributed by atoms with van der Waals surface area (Å²) in [5, 5.41) is 8.98. The van der Waals surface area contributed by atoms with Gasteiger partial charge >= 0.3 is 0 Å². The lowest BCUT2D eigenvalue weighted by Gasteiger charge is -2.09. The van der Waals surface area contributed by atoms with Crippen molar-refractivity contribution in [3.05, 3.63) is 51.9 Å². The van der Waals surface area contributed by atoms with Gasteiger partial charge in [-0.05, 0) is 42.7 Å². The molecular formula is C13H10FN3S2. The minimum absolute atomic E-state index is 0.252. The van der Waals surface area contributed by atoms with Crippen LogP contribution < -0.4 is 0 Å². The summed E-state index contributed by atoms with van der Waals surface area (Å²) < 4.78 is 15.9. The van der Waals surface area contributed by atoms with E-state index >= 15 is 0 Å². The van der Waals surface area contributed by atoms with Gasteiger partial charge in [0.15, 0.2) is 10.6 Å². The number of rotatable bonds is 2. The second-order valence-electron chi connectivity index (χ2n) is 4.05. The summed E-state index contributed by atoms with van der Waals surface area (Å²) in [6.45, 7) is 1.73. The van der Waals surface area contributed by atoms with Crippen molar-refractivity contribution < 1.29 is 4.39 Å². The average Bonchev–Trinajstić information content (AvgIpc) is 3.02. The molecule has 0 aliphatic carbocycles. The van der Waals surface area contributed by atoms with E-state index in [1.165, 1.54) is 6.07 Å². The highest BCUT2D eigenvalue weighted by Crippen LogP contribution is 2.27. The van der Waals surface area contributed by atoms with Crippen molar-refractivity contribution in [1.82, 2.24) is 14.8 Å². The highest BCUT2D eigenvalue weighted by molar-refractivity contribution is 7.71. The lowest BCUT2D eigenvalue weighted by molar-refractivity contribution is 0.617. The molecule has 0 aliphatic heterocycles. The van der Waals surface area contributed by atoms with Crippen LogP contribution in [0.3, 0.4) is 0 Å². The zero-order valence-electron chi connectivity index (χ0n) is 10.1. The first-order valence-electron chi connectivity index (χ1n) is 5.65. The highest BCUT2D eigenvalue weighted by Gasteiger charge is 2.14. The molecule has 0 bridgehead atoms. The Labute approximate surface area is 118 Å². The highest BCUT2D eigenvalue weighted by atomic mass is 32.1. The van der Waals surface area contributed by atoms with Crippen molar-refractivity contribution in [2.75, 3.05) is 0 Å². The van der Waals surface area contributed by atoms with Crippen LogP contribution in [0.15, 0.2) is 35.7 Å². The van der Waals surface area contributed by atoms with Crippen LogP contribution in [0.25, 0.3) is 16.4 Å². The molecule has 2 aromatic heterocycles. The van der Waals surface area contributed by atoms with Crippen LogP contribution in [0.2, 0.25) is 0 Å². The van der Waals surface area contributed by atoms with Crippen molar-refractivity contribution in [1.29, 1.82) is 0 Å². The maximum Gasteiger partial charge on any atom is 0.200 e. The minimum atomic E-state index is -0.252. The molecule has 19 heavy (non-hydrogen) atoms. The molecule has 1 N–H and O–H groups in total. The Morgan fingerprint density at radius 2 is 2.16 bits per heavy atom. The van der Waals surface area contributed by atoms with E-state index in [-0.39, 0.29) is 5.82 Å². The summed E-state index contributed by atoms with van der Waals surface area (Å²) in [6, 6.07) is 8.85. The first-order chi connectivity index (χ1) is 9.18. The monoisotopic (exact) mass is 291 g/mol. The molecule has 96 valence electrons. The number of aromatic nitrogens is 3. The third-order valence-electron chi connectivity index (χ3n) is 2.89. The lowest BCUT2D eigenvalue weighted by Crippen LogP contribution is -2.01. The van der Waals surface area contributed by atoms with Crippen molar-refractivity contribution in [2.45, 2.75) is 6.92 Å². The number of benzene rings is 1. The molecule has 1 aromatic carbocycles. The molecule has 3 nitrogen and oxygen atoms in total. The number of nitrogens with zero attached hydrogens (tertiary/aromatic N) is 2. The molecule has 0 atom stereocenters. The third kappa shape index (κ3) is 2.02. The molecular weight excluding hydrogens is 281 g/mol. The van der Waals surface area contributed by atoms with Crippen molar-refractivity contribution in [3.63, 3.8) is 0 Å². The average molecular weight is 291 g/mol. The first kappa shape index (κ1) is 12.3. The SMILES string of the molecule is Cc1c(F)cccc1-n1c(-c2cccs2)n[nH]c1=S. The summed E-state index contributed by atoms with van der Waals surface area (Å²) >= 11 is 6.82. The fourth-order valence-corrected chi connectivity index (χ4v) is 2.86. The van der Waals surface area contributed by atoms with E-state index in [0.717, 1.165) is 4.88 Å². The zero-order chi connectivity index (χ0) is 13.4. The molecule has 0 amide bonds. The van der Waals surface area contributed by atoms with Crippen molar-refractivity contribution >= 4 is 23.6 Å². The molecule has 0 saturated heterocycles. The molecule has 0 spiro atoms. The van der Waals surface area contributed by atoms with Gasteiger partial charge in [-0.15, -0.1) is 11.3 Å². The van der Waals surface area contributed by atoms with Crippen LogP contribution in [0.5, 0.6) is 0 Å². The standard InChI is InChI=1S/C13H10FN3S2/c1-8-9(14)4-2-5-10(8)17-12(15-16-13(17)18)11-6-3-7-19-11/h2-7H,1H3,(H,16,18). The molecule has 0 saturated carbocycles. The number of H-pyrrole nitrogens is 1. The Kier molecular flexibility index (Phi) is 3.04. The van der Waals surface area contributed by atoms with Gasteiger partial charge in [-0.3, -0.25) is 9.67 Å². The molecule has 0 aliphatic rings. The Hall–Kier alpha value is -1.79. The zero-order valence-corrected chi connectivity index (χ0v) is 11.7. The molecule has 0 radical (unpaired) electrons. The summed E-state index contributed by atoms with van der Waals surface area (Å²) in [4.78, 5) is 0.982. The molecule has 0 unspecified atom stereocenters. The van der Waals surface area contributed by atoms with Gasteiger partial charge in [0.05, 0.1) is 10.6 Å². The Morgan fingerprint density at radius 3 is 2.89 bits per heavy atom. The van der Waals surface area contributed by atoms with E-state index in [2.05, 4.69) is 10.2 Å². The fourth-order valence-electron chi connectivity index (χ4n) is 1.93. The molecule has 6 heteroatoms. The van der Waals surface area contributed by atoms with Gasteiger partial charge in [-0.2, -0.15) is 5.10 Å². The summed E-state index contributed by atoms with van der Waals surface area (Å²) in [6.07, 6.45) is 0. The normalized spacial score (nSPS) is 10.8. The Morgan fingerprint density at radius 1 is 1.32 bits per heavy atom. The van der Waals surface area contributed by atoms with Gasteiger partial charge in [-0.1, -0.05) is 12.1 Å². The van der Waals surface area contributed by atoms with Crippen LogP contribution in [-0.2, 0) is 0 Å². The number of hydrogen-bond donors (Lipinski definition) is 1. The van der Waals surface area contributed by atoms with Crippen molar-refractivity contribution in [3.8, 4) is 16.4 Å². The van der Waals surface area contributed by atoms with Crippen LogP contribution in [-0.4, -0.2) is 14.8 Å². The van der Waals surface area contributed by atoms with E-state index < -0.39 is 0 Å². The summed E-state index contributed by atoms with van der Waals surface area (Å²) in [5.74, 6) is 0.450. The van der Waals surface area contributed by atoms with Gasteiger partial charge in [0.1, 0.15) is 5.82 Å². The number of thiophene rings is 1. The van der Waals surface area contributed by atoms with Crippen LogP contribution >= 0.6 is 23.6 Å². The second kappa shape index (κ2) is 4.71. The van der Waals surface area contributed by atoms with E-state index in [0.29, 0.717) is 21.8 Å². The van der Waals surface area contributed by atoms with Gasteiger partial charge in [0, 0.05) is 5.56 Å². The molecule has 2 heterocycles. The predicted octanol–water partition coefficient (Wildman–Crippen LogP) is 4.11. The number of aromatic amines is 1. The predicted molar refractivity (Wildman–Crippen MR) is 76.8 cm³/mol. The molecule has 3 aromatic rings. The van der Waals surface area contributed by atoms with E-state index in [4.69, 9.17) is 12.2 Å².